The fraction of sp³-hybridized carbons (Fsp3) is 0.0204. The van der Waals surface area contributed by atoms with E-state index in [0.29, 0.717) is 0 Å². The molecule has 0 aliphatic carbocycles. The highest BCUT2D eigenvalue weighted by Crippen LogP contribution is 2.40. The van der Waals surface area contributed by atoms with Gasteiger partial charge in [-0.3, -0.25) is 0 Å². The van der Waals surface area contributed by atoms with Gasteiger partial charge in [-0.25, -0.2) is 0 Å². The number of fused-ring (bicyclic) bond motifs is 7. The Balaban J connectivity index is 1.05. The zero-order valence-corrected chi connectivity index (χ0v) is 28.7. The first-order valence-electron chi connectivity index (χ1n) is 17.7. The number of ether oxygens (including phenoxy) is 1. The monoisotopic (exact) mass is 666 g/mol. The van der Waals surface area contributed by atoms with Gasteiger partial charge in [-0.1, -0.05) is 103 Å². The van der Waals surface area contributed by atoms with Gasteiger partial charge in [0, 0.05) is 33.5 Å². The molecule has 0 aliphatic rings. The lowest BCUT2D eigenvalue weighted by Crippen LogP contribution is -2.09. The SMILES string of the molecule is COc1ccc(N(c2ccc(-c3ccc4c(ccc5cc6c(cc54)c4ccccc4n6-c4ccccc4)c3)cc2)c2ccc3ccccc3c2)cc1. The maximum atomic E-state index is 5.47. The largest absolute Gasteiger partial charge is 0.497 e. The number of para-hydroxylation sites is 2. The van der Waals surface area contributed by atoms with Crippen molar-refractivity contribution in [2.45, 2.75) is 0 Å². The second-order valence-electron chi connectivity index (χ2n) is 13.4. The maximum Gasteiger partial charge on any atom is 0.119 e. The standard InChI is InChI=1S/C49H34N2O/c1-52-43-26-24-41(25-27-43)50(42-23-19-33-9-5-6-10-35(33)30-42)40-21-17-34(18-22-40)36-20-28-44-37(29-36)15-16-38-31-49-47(32-46(38)44)45-13-7-8-14-48(45)51(49)39-11-3-2-4-12-39/h2-32H,1H3. The Morgan fingerprint density at radius 3 is 1.81 bits per heavy atom. The molecule has 0 fully saturated rings. The summed E-state index contributed by atoms with van der Waals surface area (Å²) < 4.78 is 7.86. The number of aromatic nitrogens is 1. The van der Waals surface area contributed by atoms with Gasteiger partial charge in [-0.15, -0.1) is 0 Å². The Bertz CT molecular complexity index is 2920. The third-order valence-electron chi connectivity index (χ3n) is 10.4. The van der Waals surface area contributed by atoms with Crippen LogP contribution >= 0.6 is 0 Å². The molecule has 0 amide bonds. The van der Waals surface area contributed by atoms with Crippen LogP contribution in [0.4, 0.5) is 17.1 Å². The Hall–Kier alpha value is -6.84. The summed E-state index contributed by atoms with van der Waals surface area (Å²) in [5, 5.41) is 9.98. The van der Waals surface area contributed by atoms with E-state index in [2.05, 4.69) is 185 Å². The van der Waals surface area contributed by atoms with E-state index in [1.54, 1.807) is 7.11 Å². The van der Waals surface area contributed by atoms with Gasteiger partial charge >= 0.3 is 0 Å². The molecule has 3 nitrogen and oxygen atoms in total. The zero-order valence-electron chi connectivity index (χ0n) is 28.7. The summed E-state index contributed by atoms with van der Waals surface area (Å²) in [6.45, 7) is 0. The Morgan fingerprint density at radius 1 is 0.385 bits per heavy atom. The first-order valence-corrected chi connectivity index (χ1v) is 17.7. The molecule has 52 heavy (non-hydrogen) atoms. The van der Waals surface area contributed by atoms with Crippen LogP contribution in [-0.4, -0.2) is 11.7 Å². The molecule has 9 aromatic carbocycles. The molecule has 0 saturated heterocycles. The molecule has 0 N–H and O–H groups in total. The highest BCUT2D eigenvalue weighted by molar-refractivity contribution is 6.18. The van der Waals surface area contributed by atoms with Gasteiger partial charge in [0.2, 0.25) is 0 Å². The normalized spacial score (nSPS) is 11.6. The predicted octanol–water partition coefficient (Wildman–Crippen LogP) is 13.4. The molecular formula is C49H34N2O. The molecule has 0 bridgehead atoms. The summed E-state index contributed by atoms with van der Waals surface area (Å²) in [5.74, 6) is 0.838. The van der Waals surface area contributed by atoms with Gasteiger partial charge in [-0.05, 0) is 128 Å². The number of nitrogens with zero attached hydrogens (tertiary/aromatic N) is 2. The van der Waals surface area contributed by atoms with Gasteiger partial charge in [0.15, 0.2) is 0 Å². The van der Waals surface area contributed by atoms with Crippen molar-refractivity contribution < 1.29 is 4.74 Å². The molecule has 0 atom stereocenters. The lowest BCUT2D eigenvalue weighted by Gasteiger charge is -2.26. The first kappa shape index (κ1) is 30.0. The zero-order chi connectivity index (χ0) is 34.6. The minimum atomic E-state index is 0.838. The number of methoxy groups -OCH3 is 1. The average molecular weight is 667 g/mol. The molecule has 0 unspecified atom stereocenters. The third kappa shape index (κ3) is 4.98. The highest BCUT2D eigenvalue weighted by Gasteiger charge is 2.16. The van der Waals surface area contributed by atoms with Gasteiger partial charge in [0.05, 0.1) is 18.1 Å². The van der Waals surface area contributed by atoms with E-state index in [0.717, 1.165) is 22.8 Å². The van der Waals surface area contributed by atoms with E-state index in [9.17, 15) is 0 Å². The topological polar surface area (TPSA) is 17.4 Å². The van der Waals surface area contributed by atoms with Gasteiger partial charge in [0.25, 0.3) is 0 Å². The quantitative estimate of drug-likeness (QED) is 0.164. The molecule has 0 saturated carbocycles. The molecule has 1 aromatic heterocycles. The van der Waals surface area contributed by atoms with E-state index in [-0.39, 0.29) is 0 Å². The number of hydrogen-bond acceptors (Lipinski definition) is 2. The fourth-order valence-corrected chi connectivity index (χ4v) is 7.86. The molecular weight excluding hydrogens is 633 g/mol. The Morgan fingerprint density at radius 2 is 1.02 bits per heavy atom. The molecule has 0 radical (unpaired) electrons. The van der Waals surface area contributed by atoms with E-state index >= 15 is 0 Å². The number of benzene rings is 9. The lowest BCUT2D eigenvalue weighted by atomic mass is 9.96. The maximum absolute atomic E-state index is 5.47. The van der Waals surface area contributed by atoms with Crippen molar-refractivity contribution in [2.75, 3.05) is 12.0 Å². The Kier molecular flexibility index (Phi) is 7.04. The van der Waals surface area contributed by atoms with Crippen molar-refractivity contribution >= 4 is 71.2 Å². The molecule has 10 rings (SSSR count). The summed E-state index contributed by atoms with van der Waals surface area (Å²) in [6, 6.07) is 67.9. The summed E-state index contributed by atoms with van der Waals surface area (Å²) in [4.78, 5) is 2.30. The minimum Gasteiger partial charge on any atom is -0.497 e. The van der Waals surface area contributed by atoms with Crippen molar-refractivity contribution in [1.29, 1.82) is 0 Å². The van der Waals surface area contributed by atoms with E-state index in [1.807, 2.05) is 12.1 Å². The van der Waals surface area contributed by atoms with Crippen molar-refractivity contribution in [3.63, 3.8) is 0 Å². The van der Waals surface area contributed by atoms with Gasteiger partial charge in [0.1, 0.15) is 5.75 Å². The van der Waals surface area contributed by atoms with Crippen LogP contribution in [0.2, 0.25) is 0 Å². The summed E-state index contributed by atoms with van der Waals surface area (Å²) >= 11 is 0. The van der Waals surface area contributed by atoms with E-state index in [4.69, 9.17) is 4.74 Å². The number of anilines is 3. The highest BCUT2D eigenvalue weighted by atomic mass is 16.5. The second-order valence-corrected chi connectivity index (χ2v) is 13.4. The lowest BCUT2D eigenvalue weighted by molar-refractivity contribution is 0.415. The van der Waals surface area contributed by atoms with E-state index < -0.39 is 0 Å². The second kappa shape index (κ2) is 12.2. The fourth-order valence-electron chi connectivity index (χ4n) is 7.86. The van der Waals surface area contributed by atoms with Crippen molar-refractivity contribution in [1.82, 2.24) is 4.57 Å². The summed E-state index contributed by atoms with van der Waals surface area (Å²) in [6.07, 6.45) is 0. The molecule has 0 aliphatic heterocycles. The third-order valence-corrected chi connectivity index (χ3v) is 10.4. The molecule has 246 valence electrons. The van der Waals surface area contributed by atoms with Gasteiger partial charge in [-0.2, -0.15) is 0 Å². The average Bonchev–Trinajstić information content (AvgIpc) is 3.54. The summed E-state index contributed by atoms with van der Waals surface area (Å²) in [7, 11) is 1.70. The number of rotatable bonds is 6. The van der Waals surface area contributed by atoms with Crippen LogP contribution in [0.3, 0.4) is 0 Å². The molecule has 3 heteroatoms. The minimum absolute atomic E-state index is 0.838. The molecule has 10 aromatic rings. The summed E-state index contributed by atoms with van der Waals surface area (Å²) in [5.41, 5.74) is 9.27. The van der Waals surface area contributed by atoms with Crippen LogP contribution < -0.4 is 9.64 Å². The van der Waals surface area contributed by atoms with Crippen LogP contribution in [-0.2, 0) is 0 Å². The van der Waals surface area contributed by atoms with E-state index in [1.165, 1.54) is 70.9 Å². The molecule has 1 heterocycles. The van der Waals surface area contributed by atoms with Crippen LogP contribution in [0.5, 0.6) is 5.75 Å². The van der Waals surface area contributed by atoms with Crippen LogP contribution in [0.25, 0.3) is 70.9 Å². The van der Waals surface area contributed by atoms with Crippen molar-refractivity contribution in [3.05, 3.63) is 188 Å². The van der Waals surface area contributed by atoms with Gasteiger partial charge < -0.3 is 14.2 Å². The first-order chi connectivity index (χ1) is 25.7. The van der Waals surface area contributed by atoms with Crippen LogP contribution in [0, 0.1) is 0 Å². The Labute approximate surface area is 302 Å². The van der Waals surface area contributed by atoms with Crippen molar-refractivity contribution in [3.8, 4) is 22.6 Å². The molecule has 0 spiro atoms. The van der Waals surface area contributed by atoms with Crippen LogP contribution in [0.15, 0.2) is 188 Å². The predicted molar refractivity (Wildman–Crippen MR) is 220 cm³/mol. The van der Waals surface area contributed by atoms with Crippen molar-refractivity contribution in [2.24, 2.45) is 0 Å². The smallest absolute Gasteiger partial charge is 0.119 e. The number of hydrogen-bond donors (Lipinski definition) is 0. The van der Waals surface area contributed by atoms with Crippen LogP contribution in [0.1, 0.15) is 0 Å².